The number of aryl methyl sites for hydroxylation is 1. The molecule has 0 heterocycles. The van der Waals surface area contributed by atoms with Gasteiger partial charge in [-0.1, -0.05) is 48.0 Å². The number of nitrogens with zero attached hydrogens (tertiary/aromatic N) is 1. The summed E-state index contributed by atoms with van der Waals surface area (Å²) in [5.74, 6) is 1.05. The minimum absolute atomic E-state index is 0.129. The van der Waals surface area contributed by atoms with Gasteiger partial charge in [-0.2, -0.15) is 5.26 Å². The van der Waals surface area contributed by atoms with E-state index in [1.807, 2.05) is 25.1 Å². The summed E-state index contributed by atoms with van der Waals surface area (Å²) >= 11 is 9.76. The van der Waals surface area contributed by atoms with E-state index >= 15 is 0 Å². The number of nitrogens with one attached hydrogen (secondary N) is 1. The van der Waals surface area contributed by atoms with Gasteiger partial charge in [-0.05, 0) is 69.9 Å². The smallest absolute Gasteiger partial charge is 0.266 e. The van der Waals surface area contributed by atoms with Crippen molar-refractivity contribution in [3.05, 3.63) is 92.4 Å². The SMILES string of the molecule is CCOc1cc(/C=C(\C#N)C(=O)Nc2cc(OC)c(Cl)cc2OC)cc(Br)c1OCc1c(C)ccc2ccccc12. The molecular formula is C32H28BrClN2O5. The summed E-state index contributed by atoms with van der Waals surface area (Å²) < 4.78 is 23.4. The van der Waals surface area contributed by atoms with E-state index < -0.39 is 5.91 Å². The first-order valence-corrected chi connectivity index (χ1v) is 13.9. The number of anilines is 1. The molecule has 1 N–H and O–H groups in total. The highest BCUT2D eigenvalue weighted by Gasteiger charge is 2.18. The summed E-state index contributed by atoms with van der Waals surface area (Å²) in [4.78, 5) is 13.1. The Morgan fingerprint density at radius 1 is 1.02 bits per heavy atom. The Hall–Kier alpha value is -4.19. The number of rotatable bonds is 10. The van der Waals surface area contributed by atoms with Gasteiger partial charge in [0.25, 0.3) is 5.91 Å². The van der Waals surface area contributed by atoms with E-state index in [2.05, 4.69) is 52.4 Å². The summed E-state index contributed by atoms with van der Waals surface area (Å²) in [6, 6.07) is 20.9. The zero-order valence-electron chi connectivity index (χ0n) is 23.0. The fraction of sp³-hybridized carbons (Fsp3) is 0.188. The molecule has 9 heteroatoms. The zero-order chi connectivity index (χ0) is 29.5. The third kappa shape index (κ3) is 6.76. The molecule has 4 rings (SSSR count). The van der Waals surface area contributed by atoms with Crippen LogP contribution in [0.25, 0.3) is 16.8 Å². The molecule has 0 bridgehead atoms. The molecule has 0 aliphatic heterocycles. The first kappa shape index (κ1) is 29.8. The maximum absolute atomic E-state index is 13.1. The topological polar surface area (TPSA) is 89.8 Å². The van der Waals surface area contributed by atoms with Crippen molar-refractivity contribution < 1.29 is 23.7 Å². The van der Waals surface area contributed by atoms with E-state index in [-0.39, 0.29) is 5.57 Å². The molecular weight excluding hydrogens is 608 g/mol. The summed E-state index contributed by atoms with van der Waals surface area (Å²) in [5, 5.41) is 15.1. The van der Waals surface area contributed by atoms with Crippen LogP contribution in [0.5, 0.6) is 23.0 Å². The number of hydrogen-bond acceptors (Lipinski definition) is 6. The summed E-state index contributed by atoms with van der Waals surface area (Å²) in [5.41, 5.74) is 2.95. The van der Waals surface area contributed by atoms with Gasteiger partial charge in [-0.15, -0.1) is 0 Å². The molecule has 0 aromatic heterocycles. The number of methoxy groups -OCH3 is 2. The standard InChI is InChI=1S/C32H28BrClN2O5/c1-5-40-30-14-20(12-22(17-35)32(37)36-27-16-28(38-3)26(34)15-29(27)39-4)13-25(33)31(30)41-18-24-19(2)10-11-21-8-6-7-9-23(21)24/h6-16H,5,18H2,1-4H3,(H,36,37)/b22-12+. The first-order valence-electron chi connectivity index (χ1n) is 12.7. The van der Waals surface area contributed by atoms with Gasteiger partial charge in [-0.25, -0.2) is 0 Å². The third-order valence-electron chi connectivity index (χ3n) is 6.37. The molecule has 0 radical (unpaired) electrons. The van der Waals surface area contributed by atoms with Crippen molar-refractivity contribution in [1.82, 2.24) is 0 Å². The van der Waals surface area contributed by atoms with Gasteiger partial charge in [-0.3, -0.25) is 4.79 Å². The highest BCUT2D eigenvalue weighted by molar-refractivity contribution is 9.10. The Morgan fingerprint density at radius 2 is 1.78 bits per heavy atom. The second kappa shape index (κ2) is 13.4. The number of halogens is 2. The molecule has 210 valence electrons. The minimum Gasteiger partial charge on any atom is -0.495 e. The number of carbonyl (C=O) groups excluding carboxylic acids is 1. The Balaban J connectivity index is 1.63. The van der Waals surface area contributed by atoms with E-state index in [4.69, 9.17) is 30.5 Å². The quantitative estimate of drug-likeness (QED) is 0.140. The monoisotopic (exact) mass is 634 g/mol. The van der Waals surface area contributed by atoms with Crippen LogP contribution in [0.4, 0.5) is 5.69 Å². The van der Waals surface area contributed by atoms with E-state index in [0.29, 0.717) is 57.0 Å². The number of carbonyl (C=O) groups is 1. The van der Waals surface area contributed by atoms with Crippen LogP contribution in [-0.2, 0) is 11.4 Å². The fourth-order valence-corrected chi connectivity index (χ4v) is 5.12. The average molecular weight is 636 g/mol. The highest BCUT2D eigenvalue weighted by atomic mass is 79.9. The van der Waals surface area contributed by atoms with Gasteiger partial charge in [0.2, 0.25) is 0 Å². The normalized spacial score (nSPS) is 11.1. The van der Waals surface area contributed by atoms with Crippen LogP contribution >= 0.6 is 27.5 Å². The number of amides is 1. The van der Waals surface area contributed by atoms with Gasteiger partial charge in [0, 0.05) is 17.7 Å². The maximum atomic E-state index is 13.1. The van der Waals surface area contributed by atoms with Crippen molar-refractivity contribution in [1.29, 1.82) is 5.26 Å². The van der Waals surface area contributed by atoms with Crippen molar-refractivity contribution in [2.45, 2.75) is 20.5 Å². The molecule has 0 saturated heterocycles. The number of hydrogen-bond donors (Lipinski definition) is 1. The van der Waals surface area contributed by atoms with E-state index in [9.17, 15) is 10.1 Å². The molecule has 1 amide bonds. The summed E-state index contributed by atoms with van der Waals surface area (Å²) in [7, 11) is 2.91. The third-order valence-corrected chi connectivity index (χ3v) is 7.25. The zero-order valence-corrected chi connectivity index (χ0v) is 25.4. The lowest BCUT2D eigenvalue weighted by molar-refractivity contribution is -0.112. The Labute approximate surface area is 252 Å². The Bertz CT molecular complexity index is 1680. The highest BCUT2D eigenvalue weighted by Crippen LogP contribution is 2.39. The van der Waals surface area contributed by atoms with Crippen LogP contribution in [0.1, 0.15) is 23.6 Å². The molecule has 41 heavy (non-hydrogen) atoms. The Morgan fingerprint density at radius 3 is 2.49 bits per heavy atom. The molecule has 0 spiro atoms. The van der Waals surface area contributed by atoms with Gasteiger partial charge in [0.15, 0.2) is 11.5 Å². The predicted octanol–water partition coefficient (Wildman–Crippen LogP) is 8.10. The van der Waals surface area contributed by atoms with Crippen LogP contribution in [0, 0.1) is 18.3 Å². The largest absolute Gasteiger partial charge is 0.495 e. The number of ether oxygens (including phenoxy) is 4. The first-order chi connectivity index (χ1) is 19.8. The minimum atomic E-state index is -0.629. The van der Waals surface area contributed by atoms with Crippen molar-refractivity contribution in [3.63, 3.8) is 0 Å². The van der Waals surface area contributed by atoms with Crippen molar-refractivity contribution in [2.75, 3.05) is 26.1 Å². The lowest BCUT2D eigenvalue weighted by Gasteiger charge is -2.17. The van der Waals surface area contributed by atoms with Crippen LogP contribution in [0.3, 0.4) is 0 Å². The molecule has 0 saturated carbocycles. The summed E-state index contributed by atoms with van der Waals surface area (Å²) in [6.45, 7) is 4.66. The van der Waals surface area contributed by atoms with Crippen LogP contribution in [0.2, 0.25) is 5.02 Å². The molecule has 0 unspecified atom stereocenters. The fourth-order valence-electron chi connectivity index (χ4n) is 4.32. The van der Waals surface area contributed by atoms with Gasteiger partial charge in [0.05, 0.1) is 36.0 Å². The van der Waals surface area contributed by atoms with E-state index in [0.717, 1.165) is 21.9 Å². The van der Waals surface area contributed by atoms with Crippen molar-refractivity contribution in [3.8, 4) is 29.1 Å². The number of fused-ring (bicyclic) bond motifs is 1. The van der Waals surface area contributed by atoms with Crippen LogP contribution in [0.15, 0.2) is 70.7 Å². The van der Waals surface area contributed by atoms with Gasteiger partial charge in [0.1, 0.15) is 29.7 Å². The van der Waals surface area contributed by atoms with E-state index in [1.54, 1.807) is 12.1 Å². The Kier molecular flexibility index (Phi) is 9.77. The molecule has 7 nitrogen and oxygen atoms in total. The molecule has 4 aromatic rings. The van der Waals surface area contributed by atoms with Crippen LogP contribution in [-0.4, -0.2) is 26.7 Å². The molecule has 0 aliphatic rings. The predicted molar refractivity (Wildman–Crippen MR) is 165 cm³/mol. The molecule has 0 fully saturated rings. The van der Waals surface area contributed by atoms with Gasteiger partial charge < -0.3 is 24.3 Å². The van der Waals surface area contributed by atoms with Gasteiger partial charge >= 0.3 is 0 Å². The van der Waals surface area contributed by atoms with Crippen LogP contribution < -0.4 is 24.3 Å². The average Bonchev–Trinajstić information content (AvgIpc) is 2.97. The second-order valence-electron chi connectivity index (χ2n) is 8.94. The molecule has 4 aromatic carbocycles. The summed E-state index contributed by atoms with van der Waals surface area (Å²) in [6.07, 6.45) is 1.47. The lowest BCUT2D eigenvalue weighted by atomic mass is 10.0. The maximum Gasteiger partial charge on any atom is 0.266 e. The molecule has 0 atom stereocenters. The lowest BCUT2D eigenvalue weighted by Crippen LogP contribution is -2.14. The molecule has 0 aliphatic carbocycles. The number of benzene rings is 4. The van der Waals surface area contributed by atoms with Crippen molar-refractivity contribution in [2.24, 2.45) is 0 Å². The second-order valence-corrected chi connectivity index (χ2v) is 10.2. The number of nitriles is 1. The van der Waals surface area contributed by atoms with Crippen molar-refractivity contribution >= 4 is 56.0 Å². The van der Waals surface area contributed by atoms with E-state index in [1.165, 1.54) is 32.4 Å².